The van der Waals surface area contributed by atoms with Crippen LogP contribution in [0.4, 0.5) is 0 Å². The number of hydrogen-bond donors (Lipinski definition) is 1. The van der Waals surface area contributed by atoms with E-state index in [1.165, 1.54) is 32.8 Å². The van der Waals surface area contributed by atoms with Crippen LogP contribution in [0.3, 0.4) is 0 Å². The Bertz CT molecular complexity index is 1970. The lowest BCUT2D eigenvalue weighted by molar-refractivity contribution is 0.967. The summed E-state index contributed by atoms with van der Waals surface area (Å²) in [5, 5.41) is 4.82. The Balaban J connectivity index is 0.000000128. The number of nitrogens with one attached hydrogen (secondary N) is 1. The first-order chi connectivity index (χ1) is 18.3. The molecular formula is C33H28N4. The topological polar surface area (TPSA) is 46.5 Å². The zero-order valence-corrected chi connectivity index (χ0v) is 21.2. The van der Waals surface area contributed by atoms with E-state index < -0.39 is 0 Å². The van der Waals surface area contributed by atoms with Crippen molar-refractivity contribution in [1.82, 2.24) is 19.5 Å². The van der Waals surface area contributed by atoms with Crippen LogP contribution in [0, 0.1) is 0 Å². The van der Waals surface area contributed by atoms with Crippen LogP contribution in [0.25, 0.3) is 66.0 Å². The number of para-hydroxylation sites is 4. The van der Waals surface area contributed by atoms with Crippen LogP contribution in [-0.4, -0.2) is 19.5 Å². The minimum atomic E-state index is 1.05. The molecule has 0 unspecified atom stereocenters. The van der Waals surface area contributed by atoms with Crippen LogP contribution in [0.2, 0.25) is 0 Å². The van der Waals surface area contributed by atoms with Crippen molar-refractivity contribution in [1.29, 1.82) is 0 Å². The molecule has 4 heterocycles. The molecule has 0 saturated heterocycles. The Kier molecular flexibility index (Phi) is 5.78. The van der Waals surface area contributed by atoms with Gasteiger partial charge in [-0.1, -0.05) is 86.6 Å². The zero-order chi connectivity index (χ0) is 25.4. The molecule has 2 aromatic heterocycles. The van der Waals surface area contributed by atoms with Gasteiger partial charge in [-0.2, -0.15) is 0 Å². The summed E-state index contributed by atoms with van der Waals surface area (Å²) in [6, 6.07) is 37.6. The summed E-state index contributed by atoms with van der Waals surface area (Å²) in [5.41, 5.74) is 8.93. The lowest BCUT2D eigenvalue weighted by atomic mass is 10.1. The Morgan fingerprint density at radius 1 is 0.595 bits per heavy atom. The van der Waals surface area contributed by atoms with Gasteiger partial charge in [0.05, 0.1) is 33.5 Å². The number of pyridine rings is 2. The third-order valence-electron chi connectivity index (χ3n) is 6.74. The van der Waals surface area contributed by atoms with Crippen molar-refractivity contribution >= 4 is 54.6 Å². The summed E-state index contributed by atoms with van der Waals surface area (Å²) < 4.78 is 2.24. The number of aryl methyl sites for hydroxylation is 1. The maximum Gasteiger partial charge on any atom is 0.0965 e. The van der Waals surface area contributed by atoms with Crippen molar-refractivity contribution in [3.63, 3.8) is 0 Å². The van der Waals surface area contributed by atoms with Crippen molar-refractivity contribution in [2.45, 2.75) is 13.8 Å². The molecule has 6 aromatic rings. The molecule has 4 aromatic carbocycles. The van der Waals surface area contributed by atoms with Gasteiger partial charge in [-0.15, -0.1) is 0 Å². The average Bonchev–Trinajstić information content (AvgIpc) is 3.51. The summed E-state index contributed by atoms with van der Waals surface area (Å²) in [7, 11) is 2.11. The highest BCUT2D eigenvalue weighted by Crippen LogP contribution is 2.33. The molecular weight excluding hydrogens is 452 g/mol. The van der Waals surface area contributed by atoms with E-state index in [-0.39, 0.29) is 0 Å². The number of fused-ring (bicyclic) bond motifs is 8. The van der Waals surface area contributed by atoms with Crippen LogP contribution in [0.15, 0.2) is 109 Å². The number of H-pyrrole nitrogens is 1. The highest BCUT2D eigenvalue weighted by Gasteiger charge is 2.15. The number of benzene rings is 4. The second-order valence-corrected chi connectivity index (χ2v) is 8.87. The standard InChI is InChI=1S/C16H12N2.C15H10N2.C2H6/c1-18-15-9-5-2-6-11(15)10-14-16(18)12-7-3-4-8-13(12)17-14;1-3-7-12-10(5-1)9-14-15(17-12)11-6-2-4-8-13(11)16-14;1-2/h2-10H,1H3;1-9,16H;1-2H3. The maximum atomic E-state index is 4.73. The van der Waals surface area contributed by atoms with Gasteiger partial charge >= 0.3 is 0 Å². The fourth-order valence-corrected chi connectivity index (χ4v) is 5.09. The number of hydrogen-bond acceptors (Lipinski definition) is 2. The first-order valence-corrected chi connectivity index (χ1v) is 12.8. The Labute approximate surface area is 215 Å². The first-order valence-electron chi connectivity index (χ1n) is 12.8. The van der Waals surface area contributed by atoms with Gasteiger partial charge in [0.1, 0.15) is 0 Å². The molecule has 0 aliphatic carbocycles. The largest absolute Gasteiger partial charge is 0.353 e. The van der Waals surface area contributed by atoms with E-state index in [2.05, 4.69) is 95.5 Å². The third-order valence-corrected chi connectivity index (χ3v) is 6.74. The van der Waals surface area contributed by atoms with Crippen LogP contribution < -0.4 is 0 Å². The maximum absolute atomic E-state index is 4.73. The van der Waals surface area contributed by atoms with Crippen molar-refractivity contribution < 1.29 is 0 Å². The molecule has 4 heteroatoms. The third kappa shape index (κ3) is 3.87. The predicted molar refractivity (Wildman–Crippen MR) is 157 cm³/mol. The molecule has 0 spiro atoms. The van der Waals surface area contributed by atoms with Crippen molar-refractivity contribution in [2.24, 2.45) is 7.05 Å². The minimum Gasteiger partial charge on any atom is -0.353 e. The molecule has 0 saturated carbocycles. The average molecular weight is 481 g/mol. The van der Waals surface area contributed by atoms with Gasteiger partial charge < -0.3 is 9.55 Å². The van der Waals surface area contributed by atoms with E-state index in [4.69, 9.17) is 9.97 Å². The van der Waals surface area contributed by atoms with Crippen molar-refractivity contribution in [2.75, 3.05) is 0 Å². The molecule has 0 fully saturated rings. The highest BCUT2D eigenvalue weighted by atomic mass is 15.0. The minimum absolute atomic E-state index is 1.05. The lowest BCUT2D eigenvalue weighted by Crippen LogP contribution is -1.98. The van der Waals surface area contributed by atoms with Gasteiger partial charge in [-0.3, -0.25) is 0 Å². The van der Waals surface area contributed by atoms with Gasteiger partial charge in [0.15, 0.2) is 0 Å². The number of rotatable bonds is 0. The molecule has 180 valence electrons. The van der Waals surface area contributed by atoms with E-state index in [0.717, 1.165) is 33.3 Å². The van der Waals surface area contributed by atoms with Gasteiger partial charge in [-0.25, -0.2) is 9.97 Å². The molecule has 0 atom stereocenters. The Hall–Kier alpha value is -4.70. The zero-order valence-electron chi connectivity index (χ0n) is 21.2. The van der Waals surface area contributed by atoms with Gasteiger partial charge in [0.25, 0.3) is 0 Å². The number of aromatic amines is 1. The smallest absolute Gasteiger partial charge is 0.0965 e. The second kappa shape index (κ2) is 9.40. The van der Waals surface area contributed by atoms with E-state index in [0.29, 0.717) is 0 Å². The molecule has 2 aliphatic rings. The van der Waals surface area contributed by atoms with E-state index in [1.807, 2.05) is 44.2 Å². The molecule has 4 nitrogen and oxygen atoms in total. The number of aromatic nitrogens is 4. The first kappa shape index (κ1) is 22.7. The highest BCUT2D eigenvalue weighted by molar-refractivity contribution is 6.08. The quantitative estimate of drug-likeness (QED) is 0.236. The molecule has 1 N–H and O–H groups in total. The monoisotopic (exact) mass is 480 g/mol. The van der Waals surface area contributed by atoms with Crippen LogP contribution in [0.1, 0.15) is 13.8 Å². The van der Waals surface area contributed by atoms with Crippen molar-refractivity contribution in [3.05, 3.63) is 109 Å². The van der Waals surface area contributed by atoms with Crippen LogP contribution >= 0.6 is 0 Å². The van der Waals surface area contributed by atoms with E-state index in [9.17, 15) is 0 Å². The molecule has 0 amide bonds. The molecule has 8 rings (SSSR count). The van der Waals surface area contributed by atoms with Crippen LogP contribution in [-0.2, 0) is 7.05 Å². The van der Waals surface area contributed by atoms with E-state index >= 15 is 0 Å². The molecule has 37 heavy (non-hydrogen) atoms. The summed E-state index contributed by atoms with van der Waals surface area (Å²) in [4.78, 5) is 12.8. The summed E-state index contributed by atoms with van der Waals surface area (Å²) in [6.45, 7) is 4.00. The summed E-state index contributed by atoms with van der Waals surface area (Å²) in [6.07, 6.45) is 0. The summed E-state index contributed by atoms with van der Waals surface area (Å²) >= 11 is 0. The fraction of sp³-hybridized carbons (Fsp3) is 0.0909. The van der Waals surface area contributed by atoms with Gasteiger partial charge in [-0.05, 0) is 36.4 Å². The Morgan fingerprint density at radius 2 is 1.24 bits per heavy atom. The predicted octanol–water partition coefficient (Wildman–Crippen LogP) is 8.73. The fourth-order valence-electron chi connectivity index (χ4n) is 5.09. The SMILES string of the molecule is CC.Cn1c2c3ccccc3nc-2cc2ccccc21.c1ccc2nc3c(cc2c1)[nH]c1ccccc13. The molecule has 0 radical (unpaired) electrons. The van der Waals surface area contributed by atoms with Crippen molar-refractivity contribution in [3.8, 4) is 11.4 Å². The molecule has 0 bridgehead atoms. The van der Waals surface area contributed by atoms with Gasteiger partial charge in [0.2, 0.25) is 0 Å². The van der Waals surface area contributed by atoms with Crippen LogP contribution in [0.5, 0.6) is 0 Å². The summed E-state index contributed by atoms with van der Waals surface area (Å²) in [5.74, 6) is 0. The lowest BCUT2D eigenvalue weighted by Gasteiger charge is -2.11. The van der Waals surface area contributed by atoms with Gasteiger partial charge in [0, 0.05) is 39.6 Å². The second-order valence-electron chi connectivity index (χ2n) is 8.87. The normalized spacial score (nSPS) is 11.1. The molecule has 2 aliphatic heterocycles. The number of nitrogens with zero attached hydrogens (tertiary/aromatic N) is 3. The van der Waals surface area contributed by atoms with E-state index in [1.54, 1.807) is 0 Å². The Morgan fingerprint density at radius 3 is 2.08 bits per heavy atom.